The van der Waals surface area contributed by atoms with E-state index >= 15 is 0 Å². The zero-order valence-corrected chi connectivity index (χ0v) is 18.0. The average Bonchev–Trinajstić information content (AvgIpc) is 2.77. The smallest absolute Gasteiger partial charge is 0.0864 e. The number of benzene rings is 3. The molecule has 6 heteroatoms. The van der Waals surface area contributed by atoms with Crippen LogP contribution in [0.4, 0.5) is 11.4 Å². The Morgan fingerprint density at radius 3 is 2.25 bits per heavy atom. The predicted octanol–water partition coefficient (Wildman–Crippen LogP) is 8.15. The summed E-state index contributed by atoms with van der Waals surface area (Å²) in [5.41, 5.74) is 3.89. The first kappa shape index (κ1) is 19.6. The summed E-state index contributed by atoms with van der Waals surface area (Å²) >= 11 is 25.3. The lowest BCUT2D eigenvalue weighted by Crippen LogP contribution is -2.34. The monoisotopic (exact) mass is 448 g/mol. The Bertz CT molecular complexity index is 1090. The lowest BCUT2D eigenvalue weighted by molar-refractivity contribution is 0.571. The molecule has 142 valence electrons. The van der Waals surface area contributed by atoms with Crippen LogP contribution in [0, 0.1) is 0 Å². The molecular formula is C22H16Cl4N2. The summed E-state index contributed by atoms with van der Waals surface area (Å²) in [6.45, 7) is 2.10. The molecule has 0 saturated carbocycles. The van der Waals surface area contributed by atoms with Crippen LogP contribution in [-0.2, 0) is 5.54 Å². The maximum Gasteiger partial charge on any atom is 0.0864 e. The molecule has 3 aromatic rings. The van der Waals surface area contributed by atoms with Gasteiger partial charge in [-0.2, -0.15) is 0 Å². The molecule has 1 heterocycles. The van der Waals surface area contributed by atoms with Gasteiger partial charge in [0, 0.05) is 27.1 Å². The summed E-state index contributed by atoms with van der Waals surface area (Å²) in [5, 5.41) is 5.98. The Hall–Kier alpha value is -1.71. The van der Waals surface area contributed by atoms with Crippen LogP contribution in [0.5, 0.6) is 0 Å². The third kappa shape index (κ3) is 3.75. The number of hydrogen-bond acceptors (Lipinski definition) is 2. The van der Waals surface area contributed by atoms with E-state index in [2.05, 4.69) is 12.2 Å². The lowest BCUT2D eigenvalue weighted by atomic mass is 9.85. The number of fused-ring (bicyclic) bond motifs is 1. The topological polar surface area (TPSA) is 24.4 Å². The highest BCUT2D eigenvalue weighted by molar-refractivity contribution is 6.37. The van der Waals surface area contributed by atoms with Crippen LogP contribution in [0.3, 0.4) is 0 Å². The number of halogens is 4. The SMILES string of the molecule is CC1(c2ccc(Cl)cc2Cl)CC(c2ccc(Cl)cc2Cl)=Nc2ccccc2N1. The number of para-hydroxylation sites is 2. The second-order valence-corrected chi connectivity index (χ2v) is 8.65. The first-order valence-electron chi connectivity index (χ1n) is 8.71. The first-order valence-corrected chi connectivity index (χ1v) is 10.2. The molecule has 0 bridgehead atoms. The van der Waals surface area contributed by atoms with E-state index in [9.17, 15) is 0 Å². The number of rotatable bonds is 2. The Morgan fingerprint density at radius 2 is 1.54 bits per heavy atom. The van der Waals surface area contributed by atoms with E-state index in [1.807, 2.05) is 48.5 Å². The summed E-state index contributed by atoms with van der Waals surface area (Å²) in [4.78, 5) is 4.93. The van der Waals surface area contributed by atoms with Crippen molar-refractivity contribution < 1.29 is 0 Å². The van der Waals surface area contributed by atoms with Crippen molar-refractivity contribution in [3.63, 3.8) is 0 Å². The minimum absolute atomic E-state index is 0.518. The molecule has 1 atom stereocenters. The highest BCUT2D eigenvalue weighted by Gasteiger charge is 2.34. The highest BCUT2D eigenvalue weighted by Crippen LogP contribution is 2.42. The van der Waals surface area contributed by atoms with Gasteiger partial charge in [-0.25, -0.2) is 0 Å². The summed E-state index contributed by atoms with van der Waals surface area (Å²) in [6.07, 6.45) is 0.574. The molecular weight excluding hydrogens is 434 g/mol. The molecule has 1 aliphatic rings. The molecule has 1 aliphatic heterocycles. The van der Waals surface area contributed by atoms with Crippen LogP contribution < -0.4 is 5.32 Å². The predicted molar refractivity (Wildman–Crippen MR) is 121 cm³/mol. The molecule has 0 fully saturated rings. The molecule has 4 rings (SSSR count). The minimum atomic E-state index is -0.518. The van der Waals surface area contributed by atoms with Crippen LogP contribution in [-0.4, -0.2) is 5.71 Å². The van der Waals surface area contributed by atoms with Gasteiger partial charge in [-0.15, -0.1) is 0 Å². The van der Waals surface area contributed by atoms with Crippen molar-refractivity contribution in [1.82, 2.24) is 0 Å². The van der Waals surface area contributed by atoms with E-state index < -0.39 is 5.54 Å². The third-order valence-corrected chi connectivity index (χ3v) is 5.95. The molecule has 0 saturated heterocycles. The fourth-order valence-electron chi connectivity index (χ4n) is 3.52. The van der Waals surface area contributed by atoms with Crippen molar-refractivity contribution in [3.05, 3.63) is 91.9 Å². The lowest BCUT2D eigenvalue weighted by Gasteiger charge is -2.33. The van der Waals surface area contributed by atoms with E-state index in [4.69, 9.17) is 51.4 Å². The minimum Gasteiger partial charge on any atom is -0.374 e. The van der Waals surface area contributed by atoms with Gasteiger partial charge in [0.15, 0.2) is 0 Å². The summed E-state index contributed by atoms with van der Waals surface area (Å²) < 4.78 is 0. The molecule has 3 aromatic carbocycles. The van der Waals surface area contributed by atoms with E-state index in [1.54, 1.807) is 12.1 Å². The summed E-state index contributed by atoms with van der Waals surface area (Å²) in [6, 6.07) is 18.9. The normalized spacial score (nSPS) is 18.7. The van der Waals surface area contributed by atoms with Crippen LogP contribution in [0.1, 0.15) is 24.5 Å². The first-order chi connectivity index (χ1) is 13.4. The zero-order chi connectivity index (χ0) is 19.9. The third-order valence-electron chi connectivity index (χ3n) is 4.86. The fourth-order valence-corrected chi connectivity index (χ4v) is 4.65. The second kappa shape index (κ2) is 7.61. The fraction of sp³-hybridized carbons (Fsp3) is 0.136. The van der Waals surface area contributed by atoms with Crippen LogP contribution in [0.2, 0.25) is 20.1 Å². The van der Waals surface area contributed by atoms with Crippen molar-refractivity contribution in [3.8, 4) is 0 Å². The molecule has 1 unspecified atom stereocenters. The molecule has 28 heavy (non-hydrogen) atoms. The molecule has 2 nitrogen and oxygen atoms in total. The highest BCUT2D eigenvalue weighted by atomic mass is 35.5. The van der Waals surface area contributed by atoms with Crippen LogP contribution in [0.15, 0.2) is 65.7 Å². The van der Waals surface area contributed by atoms with Gasteiger partial charge in [-0.1, -0.05) is 70.7 Å². The zero-order valence-electron chi connectivity index (χ0n) is 14.9. The summed E-state index contributed by atoms with van der Waals surface area (Å²) in [5.74, 6) is 0. The van der Waals surface area contributed by atoms with Crippen LogP contribution in [0.25, 0.3) is 0 Å². The number of aliphatic imine (C=N–C) groups is 1. The maximum absolute atomic E-state index is 6.57. The molecule has 1 N–H and O–H groups in total. The van der Waals surface area contributed by atoms with E-state index in [-0.39, 0.29) is 0 Å². The Labute approximate surface area is 184 Å². The van der Waals surface area contributed by atoms with Crippen molar-refractivity contribution in [2.45, 2.75) is 18.9 Å². The van der Waals surface area contributed by atoms with Gasteiger partial charge < -0.3 is 5.32 Å². The standard InChI is InChI=1S/C22H16Cl4N2/c1-22(16-9-7-14(24)11-18(16)26)12-21(15-8-6-13(23)10-17(15)25)27-19-4-2-3-5-20(19)28-22/h2-11,28H,12H2,1H3. The van der Waals surface area contributed by atoms with Gasteiger partial charge in [0.1, 0.15) is 0 Å². The van der Waals surface area contributed by atoms with Gasteiger partial charge in [-0.3, -0.25) is 4.99 Å². The number of hydrogen-bond donors (Lipinski definition) is 1. The molecule has 0 aromatic heterocycles. The van der Waals surface area contributed by atoms with Gasteiger partial charge in [0.05, 0.1) is 27.6 Å². The van der Waals surface area contributed by atoms with E-state index in [0.717, 1.165) is 28.2 Å². The van der Waals surface area contributed by atoms with Crippen molar-refractivity contribution in [2.24, 2.45) is 4.99 Å². The van der Waals surface area contributed by atoms with Gasteiger partial charge in [0.2, 0.25) is 0 Å². The Morgan fingerprint density at radius 1 is 0.857 bits per heavy atom. The Kier molecular flexibility index (Phi) is 5.32. The quantitative estimate of drug-likeness (QED) is 0.419. The van der Waals surface area contributed by atoms with Gasteiger partial charge >= 0.3 is 0 Å². The molecule has 0 aliphatic carbocycles. The number of nitrogens with one attached hydrogen (secondary N) is 1. The molecule has 0 amide bonds. The van der Waals surface area contributed by atoms with Crippen LogP contribution >= 0.6 is 46.4 Å². The van der Waals surface area contributed by atoms with Crippen molar-refractivity contribution in [1.29, 1.82) is 0 Å². The van der Waals surface area contributed by atoms with Gasteiger partial charge in [0.25, 0.3) is 0 Å². The largest absolute Gasteiger partial charge is 0.374 e. The Balaban J connectivity index is 1.90. The van der Waals surface area contributed by atoms with Crippen molar-refractivity contribution in [2.75, 3.05) is 5.32 Å². The molecule has 0 spiro atoms. The number of nitrogens with zero attached hydrogens (tertiary/aromatic N) is 1. The van der Waals surface area contributed by atoms with E-state index in [1.165, 1.54) is 0 Å². The number of anilines is 1. The molecule has 0 radical (unpaired) electrons. The maximum atomic E-state index is 6.57. The second-order valence-electron chi connectivity index (χ2n) is 6.96. The van der Waals surface area contributed by atoms with Gasteiger partial charge in [-0.05, 0) is 48.9 Å². The van der Waals surface area contributed by atoms with E-state index in [0.29, 0.717) is 26.5 Å². The summed E-state index contributed by atoms with van der Waals surface area (Å²) in [7, 11) is 0. The van der Waals surface area contributed by atoms with Crippen molar-refractivity contribution >= 4 is 63.5 Å². The average molecular weight is 450 g/mol.